The van der Waals surface area contributed by atoms with E-state index in [9.17, 15) is 9.59 Å². The Balaban J connectivity index is 2.03. The molecule has 26 heavy (non-hydrogen) atoms. The predicted molar refractivity (Wildman–Crippen MR) is 100 cm³/mol. The van der Waals surface area contributed by atoms with Gasteiger partial charge in [0.2, 0.25) is 11.8 Å². The van der Waals surface area contributed by atoms with E-state index in [2.05, 4.69) is 5.32 Å². The molecule has 0 spiro atoms. The number of methoxy groups -OCH3 is 2. The average Bonchev–Trinajstić information content (AvgIpc) is 2.61. The van der Waals surface area contributed by atoms with Crippen LogP contribution in [0.15, 0.2) is 42.5 Å². The lowest BCUT2D eigenvalue weighted by Crippen LogP contribution is -2.23. The number of benzene rings is 2. The molecule has 0 aliphatic carbocycles. The van der Waals surface area contributed by atoms with Gasteiger partial charge in [0.05, 0.1) is 20.6 Å². The van der Waals surface area contributed by atoms with Crippen molar-refractivity contribution in [2.24, 2.45) is 0 Å². The minimum atomic E-state index is -0.130. The van der Waals surface area contributed by atoms with Gasteiger partial charge in [-0.3, -0.25) is 9.59 Å². The Bertz CT molecular complexity index is 789. The van der Waals surface area contributed by atoms with Crippen molar-refractivity contribution in [1.82, 2.24) is 4.90 Å². The van der Waals surface area contributed by atoms with Crippen molar-refractivity contribution in [1.29, 1.82) is 0 Å². The van der Waals surface area contributed by atoms with Crippen molar-refractivity contribution in [3.8, 4) is 11.5 Å². The molecule has 6 nitrogen and oxygen atoms in total. The first-order valence-electron chi connectivity index (χ1n) is 8.24. The molecule has 0 radical (unpaired) electrons. The second-order valence-corrected chi connectivity index (χ2v) is 5.99. The Morgan fingerprint density at radius 2 is 1.73 bits per heavy atom. The van der Waals surface area contributed by atoms with Crippen molar-refractivity contribution >= 4 is 17.5 Å². The van der Waals surface area contributed by atoms with Crippen LogP contribution in [0, 0.1) is 0 Å². The zero-order chi connectivity index (χ0) is 19.1. The molecule has 138 valence electrons. The summed E-state index contributed by atoms with van der Waals surface area (Å²) in [4.78, 5) is 25.3. The minimum Gasteiger partial charge on any atom is -0.493 e. The summed E-state index contributed by atoms with van der Waals surface area (Å²) in [6, 6.07) is 12.9. The van der Waals surface area contributed by atoms with Gasteiger partial charge in [0.25, 0.3) is 0 Å². The number of nitrogens with one attached hydrogen (secondary N) is 1. The van der Waals surface area contributed by atoms with E-state index in [-0.39, 0.29) is 18.2 Å². The largest absolute Gasteiger partial charge is 0.493 e. The van der Waals surface area contributed by atoms with E-state index >= 15 is 0 Å². The Morgan fingerprint density at radius 1 is 1.00 bits per heavy atom. The number of anilines is 1. The molecule has 0 aliphatic heterocycles. The lowest BCUT2D eigenvalue weighted by molar-refractivity contribution is -0.128. The summed E-state index contributed by atoms with van der Waals surface area (Å²) in [5.41, 5.74) is 2.48. The van der Waals surface area contributed by atoms with Gasteiger partial charge in [-0.25, -0.2) is 0 Å². The van der Waals surface area contributed by atoms with Gasteiger partial charge in [0.15, 0.2) is 11.5 Å². The van der Waals surface area contributed by atoms with E-state index in [1.165, 1.54) is 6.92 Å². The molecule has 0 saturated carbocycles. The van der Waals surface area contributed by atoms with Crippen LogP contribution >= 0.6 is 0 Å². The second kappa shape index (κ2) is 8.89. The zero-order valence-corrected chi connectivity index (χ0v) is 15.5. The Morgan fingerprint density at radius 3 is 2.38 bits per heavy atom. The number of carbonyl (C=O) groups is 2. The predicted octanol–water partition coefficient (Wildman–Crippen LogP) is 2.86. The summed E-state index contributed by atoms with van der Waals surface area (Å²) in [5, 5.41) is 2.88. The van der Waals surface area contributed by atoms with Crippen LogP contribution in [0.25, 0.3) is 0 Å². The summed E-state index contributed by atoms with van der Waals surface area (Å²) in [7, 11) is 4.87. The van der Waals surface area contributed by atoms with Crippen molar-refractivity contribution in [3.05, 3.63) is 53.6 Å². The van der Waals surface area contributed by atoms with E-state index in [0.717, 1.165) is 11.1 Å². The fourth-order valence-corrected chi connectivity index (χ4v) is 2.51. The second-order valence-electron chi connectivity index (χ2n) is 5.99. The topological polar surface area (TPSA) is 67.9 Å². The molecular weight excluding hydrogens is 332 g/mol. The smallest absolute Gasteiger partial charge is 0.228 e. The first kappa shape index (κ1) is 19.3. The number of rotatable bonds is 7. The summed E-state index contributed by atoms with van der Waals surface area (Å²) in [6.07, 6.45) is 0.220. The third kappa shape index (κ3) is 5.24. The van der Waals surface area contributed by atoms with Crippen LogP contribution in [0.1, 0.15) is 18.1 Å². The average molecular weight is 356 g/mol. The van der Waals surface area contributed by atoms with Crippen molar-refractivity contribution < 1.29 is 19.1 Å². The fraction of sp³-hybridized carbons (Fsp3) is 0.300. The van der Waals surface area contributed by atoms with E-state index in [4.69, 9.17) is 9.47 Å². The highest BCUT2D eigenvalue weighted by Crippen LogP contribution is 2.27. The van der Waals surface area contributed by atoms with Crippen LogP contribution < -0.4 is 14.8 Å². The number of ether oxygens (including phenoxy) is 2. The normalized spacial score (nSPS) is 10.2. The zero-order valence-electron chi connectivity index (χ0n) is 15.5. The molecule has 2 amide bonds. The van der Waals surface area contributed by atoms with E-state index in [1.807, 2.05) is 30.3 Å². The van der Waals surface area contributed by atoms with Gasteiger partial charge in [0.1, 0.15) is 0 Å². The highest BCUT2D eigenvalue weighted by molar-refractivity contribution is 5.92. The molecule has 2 aromatic rings. The molecule has 0 atom stereocenters. The first-order chi connectivity index (χ1) is 12.4. The van der Waals surface area contributed by atoms with Crippen LogP contribution in [0.5, 0.6) is 11.5 Å². The molecule has 0 fully saturated rings. The standard InChI is InChI=1S/C20H24N2O4/c1-14(23)22(2)13-16-6-5-7-17(10-16)21-20(24)12-15-8-9-18(25-3)19(11-15)26-4/h5-11H,12-13H2,1-4H3,(H,21,24). The molecular formula is C20H24N2O4. The highest BCUT2D eigenvalue weighted by atomic mass is 16.5. The number of nitrogens with zero attached hydrogens (tertiary/aromatic N) is 1. The lowest BCUT2D eigenvalue weighted by Gasteiger charge is -2.15. The third-order valence-corrected chi connectivity index (χ3v) is 3.98. The molecule has 2 aromatic carbocycles. The lowest BCUT2D eigenvalue weighted by atomic mass is 10.1. The van der Waals surface area contributed by atoms with Gasteiger partial charge >= 0.3 is 0 Å². The van der Waals surface area contributed by atoms with Gasteiger partial charge in [-0.2, -0.15) is 0 Å². The van der Waals surface area contributed by atoms with Gasteiger partial charge in [0, 0.05) is 26.2 Å². The van der Waals surface area contributed by atoms with Crippen LogP contribution in [-0.2, 0) is 22.6 Å². The molecule has 2 rings (SSSR count). The van der Waals surface area contributed by atoms with Crippen LogP contribution in [0.4, 0.5) is 5.69 Å². The van der Waals surface area contributed by atoms with E-state index in [1.54, 1.807) is 38.3 Å². The van der Waals surface area contributed by atoms with Crippen molar-refractivity contribution in [2.45, 2.75) is 19.9 Å². The van der Waals surface area contributed by atoms with Crippen molar-refractivity contribution in [2.75, 3.05) is 26.6 Å². The molecule has 1 N–H and O–H groups in total. The van der Waals surface area contributed by atoms with Gasteiger partial charge in [-0.05, 0) is 35.4 Å². The SMILES string of the molecule is COc1ccc(CC(=O)Nc2cccc(CN(C)C(C)=O)c2)cc1OC. The Labute approximate surface area is 153 Å². The van der Waals surface area contributed by atoms with Crippen LogP contribution in [-0.4, -0.2) is 38.0 Å². The summed E-state index contributed by atoms with van der Waals surface area (Å²) < 4.78 is 10.5. The Hall–Kier alpha value is -3.02. The summed E-state index contributed by atoms with van der Waals surface area (Å²) in [5.74, 6) is 1.08. The monoisotopic (exact) mass is 356 g/mol. The third-order valence-electron chi connectivity index (χ3n) is 3.98. The minimum absolute atomic E-state index is 0.00658. The van der Waals surface area contributed by atoms with Gasteiger partial charge < -0.3 is 19.7 Å². The maximum atomic E-state index is 12.3. The highest BCUT2D eigenvalue weighted by Gasteiger charge is 2.10. The maximum absolute atomic E-state index is 12.3. The number of amides is 2. The van der Waals surface area contributed by atoms with Crippen molar-refractivity contribution in [3.63, 3.8) is 0 Å². The molecule has 6 heteroatoms. The van der Waals surface area contributed by atoms with Gasteiger partial charge in [-0.1, -0.05) is 18.2 Å². The van der Waals surface area contributed by atoms with Gasteiger partial charge in [-0.15, -0.1) is 0 Å². The fourth-order valence-electron chi connectivity index (χ4n) is 2.51. The van der Waals surface area contributed by atoms with Crippen LogP contribution in [0.2, 0.25) is 0 Å². The molecule has 0 aromatic heterocycles. The number of hydrogen-bond donors (Lipinski definition) is 1. The van der Waals surface area contributed by atoms with Crippen LogP contribution in [0.3, 0.4) is 0 Å². The first-order valence-corrected chi connectivity index (χ1v) is 8.24. The molecule has 0 unspecified atom stereocenters. The molecule has 0 aliphatic rings. The summed E-state index contributed by atoms with van der Waals surface area (Å²) >= 11 is 0. The van der Waals surface area contributed by atoms with E-state index in [0.29, 0.717) is 23.7 Å². The maximum Gasteiger partial charge on any atom is 0.228 e. The molecule has 0 saturated heterocycles. The quantitative estimate of drug-likeness (QED) is 0.828. The molecule has 0 heterocycles. The number of hydrogen-bond acceptors (Lipinski definition) is 4. The molecule has 0 bridgehead atoms. The van der Waals surface area contributed by atoms with E-state index < -0.39 is 0 Å². The Kier molecular flexibility index (Phi) is 6.60. The summed E-state index contributed by atoms with van der Waals surface area (Å²) in [6.45, 7) is 2.02. The number of carbonyl (C=O) groups excluding carboxylic acids is 2.